The van der Waals surface area contributed by atoms with Gasteiger partial charge in [-0.2, -0.15) is 30.7 Å². The van der Waals surface area contributed by atoms with Gasteiger partial charge in [0.05, 0.1) is 4.90 Å². The first-order valence-electron chi connectivity index (χ1n) is 6.11. The smallest absolute Gasteiger partial charge is 0.398 e. The molecule has 140 valence electrons. The number of alkyl halides is 7. The van der Waals surface area contributed by atoms with Crippen LogP contribution in [0, 0.1) is 13.8 Å². The summed E-state index contributed by atoms with van der Waals surface area (Å²) in [5, 5.41) is -6.76. The van der Waals surface area contributed by atoms with E-state index in [0.29, 0.717) is 0 Å². The molecule has 2 N–H and O–H groups in total. The molecule has 0 aliphatic heterocycles. The molecule has 2 nitrogen and oxygen atoms in total. The lowest BCUT2D eigenvalue weighted by molar-refractivity contribution is -0.238. The lowest BCUT2D eigenvalue weighted by atomic mass is 10.1. The Hall–Kier alpha value is -1.46. The van der Waals surface area contributed by atoms with Crippen LogP contribution < -0.4 is 5.73 Å². The molecule has 0 aliphatic carbocycles. The molecular weight excluding hydrogens is 377 g/mol. The Bertz CT molecular complexity index is 697. The molecule has 1 aromatic carbocycles. The average molecular weight is 389 g/mol. The van der Waals surface area contributed by atoms with Crippen molar-refractivity contribution in [2.45, 2.75) is 42.5 Å². The van der Waals surface area contributed by atoms with E-state index in [4.69, 9.17) is 5.73 Å². The van der Waals surface area contributed by atoms with Crippen molar-refractivity contribution in [1.82, 2.24) is 0 Å². The summed E-state index contributed by atoms with van der Waals surface area (Å²) in [4.78, 5) is -2.00. The van der Waals surface area contributed by atoms with Crippen LogP contribution in [0.1, 0.15) is 17.5 Å². The molecule has 0 spiro atoms. The highest BCUT2D eigenvalue weighted by molar-refractivity contribution is 8.12. The molecule has 12 heteroatoms. The van der Waals surface area contributed by atoms with Crippen molar-refractivity contribution in [3.8, 4) is 0 Å². The standard InChI is InChI=1S/C12H12F9NOS/c1-6-3-8(4-7(2)9(6)22)24(20,21,23)12(18,19)10(13,14)5-11(15,16)17/h3-4H,5,22H2,1-2H3. The summed E-state index contributed by atoms with van der Waals surface area (Å²) in [5.41, 5.74) is 4.71. The van der Waals surface area contributed by atoms with Gasteiger partial charge in [-0.15, -0.1) is 7.77 Å². The summed E-state index contributed by atoms with van der Waals surface area (Å²) >= 11 is 0. The second-order valence-electron chi connectivity index (χ2n) is 5.25. The summed E-state index contributed by atoms with van der Waals surface area (Å²) in [6, 6.07) is 0.379. The maximum absolute atomic E-state index is 14.1. The Kier molecular flexibility index (Phi) is 4.52. The van der Waals surface area contributed by atoms with Crippen LogP contribution in [0.25, 0.3) is 0 Å². The van der Waals surface area contributed by atoms with Crippen molar-refractivity contribution < 1.29 is 42.7 Å². The highest BCUT2D eigenvalue weighted by Gasteiger charge is 2.77. The number of hydrogen-bond acceptors (Lipinski definition) is 2. The van der Waals surface area contributed by atoms with E-state index in [0.717, 1.165) is 13.8 Å². The number of benzene rings is 1. The van der Waals surface area contributed by atoms with Crippen molar-refractivity contribution >= 4 is 15.5 Å². The monoisotopic (exact) mass is 389 g/mol. The molecule has 0 aliphatic rings. The topological polar surface area (TPSA) is 43.1 Å². The Morgan fingerprint density at radius 2 is 1.33 bits per heavy atom. The molecule has 0 saturated carbocycles. The van der Waals surface area contributed by atoms with Crippen molar-refractivity contribution in [2.24, 2.45) is 0 Å². The van der Waals surface area contributed by atoms with Gasteiger partial charge in [0.15, 0.2) is 0 Å². The van der Waals surface area contributed by atoms with Crippen molar-refractivity contribution in [1.29, 1.82) is 0 Å². The lowest BCUT2D eigenvalue weighted by Crippen LogP contribution is -2.56. The van der Waals surface area contributed by atoms with Gasteiger partial charge in [-0.25, -0.2) is 4.21 Å². The molecule has 0 aromatic heterocycles. The van der Waals surface area contributed by atoms with E-state index >= 15 is 0 Å². The van der Waals surface area contributed by atoms with E-state index < -0.39 is 38.5 Å². The average Bonchev–Trinajstić information content (AvgIpc) is 2.31. The molecule has 1 aromatic rings. The third kappa shape index (κ3) is 3.20. The molecule has 0 unspecified atom stereocenters. The third-order valence-corrected chi connectivity index (χ3v) is 5.41. The Labute approximate surface area is 130 Å². The molecule has 0 amide bonds. The van der Waals surface area contributed by atoms with Crippen molar-refractivity contribution in [2.75, 3.05) is 5.73 Å². The first-order valence-corrected chi connectivity index (χ1v) is 7.87. The molecule has 0 fully saturated rings. The molecule has 24 heavy (non-hydrogen) atoms. The number of rotatable bonds is 4. The normalized spacial score (nSPS) is 15.9. The fourth-order valence-corrected chi connectivity index (χ4v) is 3.49. The van der Waals surface area contributed by atoms with Gasteiger partial charge in [0.25, 0.3) is 9.84 Å². The third-order valence-electron chi connectivity index (χ3n) is 3.23. The number of anilines is 1. The van der Waals surface area contributed by atoms with Crippen LogP contribution >= 0.6 is 0 Å². The van der Waals surface area contributed by atoms with Crippen molar-refractivity contribution in [3.63, 3.8) is 0 Å². The Morgan fingerprint density at radius 3 is 1.67 bits per heavy atom. The Balaban J connectivity index is 3.62. The molecule has 0 bridgehead atoms. The number of aryl methyl sites for hydroxylation is 2. The molecular formula is C12H12F9NOS. The highest BCUT2D eigenvalue weighted by Crippen LogP contribution is 2.60. The van der Waals surface area contributed by atoms with Crippen LogP contribution in [-0.4, -0.2) is 21.6 Å². The maximum atomic E-state index is 14.1. The van der Waals surface area contributed by atoms with Crippen LogP contribution in [0.15, 0.2) is 17.0 Å². The molecule has 0 radical (unpaired) electrons. The minimum absolute atomic E-state index is 0.146. The maximum Gasteiger partial charge on any atom is 0.416 e. The zero-order valence-electron chi connectivity index (χ0n) is 12.2. The van der Waals surface area contributed by atoms with E-state index in [2.05, 4.69) is 0 Å². The van der Waals surface area contributed by atoms with Crippen LogP contribution in [0.5, 0.6) is 0 Å². The van der Waals surface area contributed by atoms with Crippen molar-refractivity contribution in [3.05, 3.63) is 23.3 Å². The van der Waals surface area contributed by atoms with Crippen LogP contribution in [0.2, 0.25) is 0 Å². The fraction of sp³-hybridized carbons (Fsp3) is 0.500. The number of hydrogen-bond donors (Lipinski definition) is 1. The van der Waals surface area contributed by atoms with Gasteiger partial charge in [-0.3, -0.25) is 0 Å². The van der Waals surface area contributed by atoms with E-state index in [9.17, 15) is 42.7 Å². The number of nitrogen functional groups attached to an aromatic ring is 1. The summed E-state index contributed by atoms with van der Waals surface area (Å²) in [7, 11) is -8.71. The zero-order chi connectivity index (χ0) is 19.4. The lowest BCUT2D eigenvalue weighted by Gasteiger charge is -2.38. The molecule has 0 atom stereocenters. The molecule has 0 saturated heterocycles. The van der Waals surface area contributed by atoms with Gasteiger partial charge >= 0.3 is 17.4 Å². The molecule has 0 heterocycles. The second kappa shape index (κ2) is 5.27. The second-order valence-corrected chi connectivity index (χ2v) is 7.75. The zero-order valence-corrected chi connectivity index (χ0v) is 13.0. The minimum Gasteiger partial charge on any atom is -0.398 e. The first kappa shape index (κ1) is 20.6. The van der Waals surface area contributed by atoms with E-state index in [1.54, 1.807) is 0 Å². The van der Waals surface area contributed by atoms with Crippen LogP contribution in [-0.2, 0) is 9.84 Å². The quantitative estimate of drug-likeness (QED) is 0.447. The summed E-state index contributed by atoms with van der Waals surface area (Å²) in [6.07, 6.45) is -9.43. The summed E-state index contributed by atoms with van der Waals surface area (Å²) < 4.78 is 130. The van der Waals surface area contributed by atoms with Gasteiger partial charge in [-0.1, -0.05) is 0 Å². The largest absolute Gasteiger partial charge is 0.416 e. The first-order chi connectivity index (χ1) is 10.3. The number of halogens is 9. The summed E-state index contributed by atoms with van der Waals surface area (Å²) in [5.74, 6) is -6.29. The fourth-order valence-electron chi connectivity index (χ4n) is 1.88. The highest BCUT2D eigenvalue weighted by atomic mass is 32.3. The van der Waals surface area contributed by atoms with Gasteiger partial charge in [0.1, 0.15) is 6.42 Å². The van der Waals surface area contributed by atoms with E-state index in [1.165, 1.54) is 0 Å². The van der Waals surface area contributed by atoms with E-state index in [-0.39, 0.29) is 28.9 Å². The van der Waals surface area contributed by atoms with E-state index in [1.807, 2.05) is 0 Å². The SMILES string of the molecule is Cc1cc(S(=O)(F)(F)C(F)(F)C(F)(F)CC(F)(F)F)cc(C)c1N. The van der Waals surface area contributed by atoms with Crippen LogP contribution in [0.3, 0.4) is 0 Å². The minimum atomic E-state index is -8.71. The predicted octanol–water partition coefficient (Wildman–Crippen LogP) is 5.01. The number of nitrogens with two attached hydrogens (primary N) is 1. The van der Waals surface area contributed by atoms with Gasteiger partial charge in [0, 0.05) is 5.69 Å². The van der Waals surface area contributed by atoms with Crippen LogP contribution in [0.4, 0.5) is 44.2 Å². The molecule has 1 rings (SSSR count). The van der Waals surface area contributed by atoms with Gasteiger partial charge in [-0.05, 0) is 37.1 Å². The summed E-state index contributed by atoms with van der Waals surface area (Å²) in [6.45, 7) is 2.11. The Morgan fingerprint density at radius 1 is 0.958 bits per heavy atom. The van der Waals surface area contributed by atoms with Gasteiger partial charge in [0.2, 0.25) is 0 Å². The predicted molar refractivity (Wildman–Crippen MR) is 69.5 cm³/mol. The van der Waals surface area contributed by atoms with Gasteiger partial charge < -0.3 is 5.73 Å².